The van der Waals surface area contributed by atoms with Crippen LogP contribution in [0.2, 0.25) is 0 Å². The van der Waals surface area contributed by atoms with Gasteiger partial charge in [-0.1, -0.05) is 17.3 Å². The summed E-state index contributed by atoms with van der Waals surface area (Å²) < 4.78 is 36.4. The number of hydrogen-bond acceptors (Lipinski definition) is 11. The number of pyridine rings is 1. The molecule has 2 aliphatic heterocycles. The van der Waals surface area contributed by atoms with Gasteiger partial charge in [-0.05, 0) is 110 Å². The molecule has 0 spiro atoms. The second kappa shape index (κ2) is 21.5. The van der Waals surface area contributed by atoms with Crippen molar-refractivity contribution in [1.82, 2.24) is 40.4 Å². The summed E-state index contributed by atoms with van der Waals surface area (Å²) >= 11 is 3.31. The van der Waals surface area contributed by atoms with Crippen LogP contribution in [0.25, 0.3) is 5.69 Å². The molecule has 17 nitrogen and oxygen atoms in total. The maximum atomic E-state index is 14.2. The molecular formula is C47H48BrF2N9O8. The van der Waals surface area contributed by atoms with Gasteiger partial charge in [-0.15, -0.1) is 5.10 Å². The Morgan fingerprint density at radius 3 is 2.49 bits per heavy atom. The average Bonchev–Trinajstić information content (AvgIpc) is 3.85. The minimum Gasteiger partial charge on any atom is -0.487 e. The molecule has 2 aliphatic rings. The Morgan fingerprint density at radius 2 is 1.70 bits per heavy atom. The number of ether oxygens (including phenoxy) is 1. The standard InChI is InChI=1S/C47H48BrF2N9O8/c1-27-12-13-29(23-37(27)58-28(2)22-38(42(48)47(58)66)67-26-30-14-15-31(49)24-34(30)50)43(62)53-20-6-8-32-25-57(56-55-32)21-7-11-39(60)52-19-4-3-18-51-35-10-5-9-33-41(35)46(65)59(45(33)64)36-16-17-40(61)54-44(36)63/h5,9-10,12-15,22-25,36,51H,3-4,6-8,11,16-21,26H2,1-2H3,(H,52,60)(H,53,62)(H,54,61,63). The second-order valence-corrected chi connectivity index (χ2v) is 17.0. The summed E-state index contributed by atoms with van der Waals surface area (Å²) in [6.45, 7) is 5.10. The van der Waals surface area contributed by atoms with E-state index in [0.29, 0.717) is 87.3 Å². The molecule has 0 saturated carbocycles. The Morgan fingerprint density at radius 1 is 0.910 bits per heavy atom. The number of amides is 6. The third-order valence-corrected chi connectivity index (χ3v) is 12.1. The third kappa shape index (κ3) is 11.3. The van der Waals surface area contributed by atoms with E-state index in [1.54, 1.807) is 54.1 Å². The van der Waals surface area contributed by atoms with Crippen LogP contribution in [0.1, 0.15) is 98.5 Å². The molecule has 0 aliphatic carbocycles. The summed E-state index contributed by atoms with van der Waals surface area (Å²) in [6.07, 6.45) is 5.26. The van der Waals surface area contributed by atoms with E-state index in [1.807, 2.05) is 13.1 Å². The molecular weight excluding hydrogens is 936 g/mol. The molecule has 67 heavy (non-hydrogen) atoms. The van der Waals surface area contributed by atoms with Crippen molar-refractivity contribution in [1.29, 1.82) is 0 Å². The van der Waals surface area contributed by atoms with E-state index in [4.69, 9.17) is 4.74 Å². The van der Waals surface area contributed by atoms with Crippen molar-refractivity contribution in [2.45, 2.75) is 84.4 Å². The first-order chi connectivity index (χ1) is 32.2. The number of nitrogens with one attached hydrogen (secondary N) is 4. The highest BCUT2D eigenvalue weighted by atomic mass is 79.9. The Kier molecular flexibility index (Phi) is 15.3. The van der Waals surface area contributed by atoms with Gasteiger partial charge < -0.3 is 20.7 Å². The third-order valence-electron chi connectivity index (χ3n) is 11.4. The number of anilines is 1. The minimum atomic E-state index is -1.04. The second-order valence-electron chi connectivity index (χ2n) is 16.2. The first-order valence-corrected chi connectivity index (χ1v) is 22.6. The Hall–Kier alpha value is -7.09. The molecule has 4 heterocycles. The molecule has 1 unspecified atom stereocenters. The lowest BCUT2D eigenvalue weighted by Gasteiger charge is -2.27. The molecule has 6 amide bonds. The maximum Gasteiger partial charge on any atom is 0.273 e. The quantitative estimate of drug-likeness (QED) is 0.0586. The molecule has 2 aromatic heterocycles. The summed E-state index contributed by atoms with van der Waals surface area (Å²) in [5.41, 5.74) is 3.42. The van der Waals surface area contributed by atoms with Gasteiger partial charge in [-0.3, -0.25) is 53.0 Å². The minimum absolute atomic E-state index is 0.0425. The number of halogens is 3. The van der Waals surface area contributed by atoms with Gasteiger partial charge in [-0.25, -0.2) is 8.78 Å². The largest absolute Gasteiger partial charge is 0.487 e. The fourth-order valence-electron chi connectivity index (χ4n) is 7.86. The fourth-order valence-corrected chi connectivity index (χ4v) is 8.27. The SMILES string of the molecule is Cc1ccc(C(=O)NCCCc2cn(CCCC(=O)NCCCCNc3cccc4c3C(=O)N(C3CCC(=O)NC3=O)C4=O)nn2)cc1-n1c(C)cc(OCc2ccc(F)cc2F)c(Br)c1=O. The van der Waals surface area contributed by atoms with Gasteiger partial charge in [0.05, 0.1) is 22.5 Å². The van der Waals surface area contributed by atoms with Crippen LogP contribution in [0, 0.1) is 25.5 Å². The van der Waals surface area contributed by atoms with E-state index >= 15 is 0 Å². The molecule has 1 fully saturated rings. The highest BCUT2D eigenvalue weighted by Gasteiger charge is 2.45. The first-order valence-electron chi connectivity index (χ1n) is 21.8. The van der Waals surface area contributed by atoms with E-state index in [9.17, 15) is 42.3 Å². The number of hydrogen-bond donors (Lipinski definition) is 4. The van der Waals surface area contributed by atoms with E-state index < -0.39 is 46.9 Å². The molecule has 1 atom stereocenters. The number of carbonyl (C=O) groups excluding carboxylic acids is 6. The van der Waals surface area contributed by atoms with Gasteiger partial charge in [-0.2, -0.15) is 0 Å². The number of fused-ring (bicyclic) bond motifs is 1. The van der Waals surface area contributed by atoms with Crippen LogP contribution >= 0.6 is 15.9 Å². The van der Waals surface area contributed by atoms with E-state index in [-0.39, 0.29) is 58.2 Å². The highest BCUT2D eigenvalue weighted by molar-refractivity contribution is 9.10. The summed E-state index contributed by atoms with van der Waals surface area (Å²) in [4.78, 5) is 90.5. The number of carbonyl (C=O) groups is 6. The lowest BCUT2D eigenvalue weighted by molar-refractivity contribution is -0.136. The zero-order valence-corrected chi connectivity index (χ0v) is 38.3. The van der Waals surface area contributed by atoms with Crippen LogP contribution in [0.5, 0.6) is 5.75 Å². The van der Waals surface area contributed by atoms with Gasteiger partial charge >= 0.3 is 0 Å². The predicted octanol–water partition coefficient (Wildman–Crippen LogP) is 5.22. The maximum absolute atomic E-state index is 14.2. The number of benzene rings is 3. The summed E-state index contributed by atoms with van der Waals surface area (Å²) in [5, 5.41) is 19.6. The van der Waals surface area contributed by atoms with Crippen LogP contribution < -0.4 is 31.6 Å². The number of imide groups is 2. The van der Waals surface area contributed by atoms with Crippen LogP contribution in [0.4, 0.5) is 14.5 Å². The zero-order chi connectivity index (χ0) is 47.8. The smallest absolute Gasteiger partial charge is 0.273 e. The molecule has 350 valence electrons. The van der Waals surface area contributed by atoms with Crippen LogP contribution in [0.15, 0.2) is 76.1 Å². The lowest BCUT2D eigenvalue weighted by Crippen LogP contribution is -2.54. The number of rotatable bonds is 20. The van der Waals surface area contributed by atoms with Gasteiger partial charge in [0, 0.05) is 79.9 Å². The summed E-state index contributed by atoms with van der Waals surface area (Å²) in [5.74, 6) is -3.94. The molecule has 1 saturated heterocycles. The van der Waals surface area contributed by atoms with Crippen molar-refractivity contribution in [2.75, 3.05) is 25.0 Å². The molecule has 5 aromatic rings. The van der Waals surface area contributed by atoms with E-state index in [2.05, 4.69) is 47.5 Å². The van der Waals surface area contributed by atoms with Crippen molar-refractivity contribution in [3.8, 4) is 11.4 Å². The van der Waals surface area contributed by atoms with Crippen LogP contribution in [-0.2, 0) is 34.0 Å². The van der Waals surface area contributed by atoms with Crippen molar-refractivity contribution < 1.29 is 42.3 Å². The van der Waals surface area contributed by atoms with Crippen molar-refractivity contribution >= 4 is 57.1 Å². The van der Waals surface area contributed by atoms with Crippen molar-refractivity contribution in [3.05, 3.63) is 133 Å². The normalized spacial score (nSPS) is 14.5. The molecule has 4 N–H and O–H groups in total. The van der Waals surface area contributed by atoms with Gasteiger partial charge in [0.25, 0.3) is 23.3 Å². The number of unbranched alkanes of at least 4 members (excludes halogenated alkanes) is 1. The number of piperidine rings is 1. The predicted molar refractivity (Wildman–Crippen MR) is 244 cm³/mol. The molecule has 20 heteroatoms. The molecule has 0 bridgehead atoms. The van der Waals surface area contributed by atoms with Crippen molar-refractivity contribution in [2.24, 2.45) is 0 Å². The number of aromatic nitrogens is 4. The molecule has 7 rings (SSSR count). The zero-order valence-electron chi connectivity index (χ0n) is 36.8. The Labute approximate surface area is 391 Å². The first kappa shape index (κ1) is 47.9. The molecule has 0 radical (unpaired) electrons. The topological polar surface area (TPSA) is 216 Å². The van der Waals surface area contributed by atoms with Gasteiger partial charge in [0.15, 0.2) is 0 Å². The van der Waals surface area contributed by atoms with E-state index in [1.165, 1.54) is 10.6 Å². The molecule has 3 aromatic carbocycles. The Balaban J connectivity index is 0.788. The lowest BCUT2D eigenvalue weighted by atomic mass is 10.0. The van der Waals surface area contributed by atoms with Crippen LogP contribution in [-0.4, -0.2) is 85.6 Å². The van der Waals surface area contributed by atoms with Gasteiger partial charge in [0.1, 0.15) is 34.5 Å². The summed E-state index contributed by atoms with van der Waals surface area (Å²) in [7, 11) is 0. The highest BCUT2D eigenvalue weighted by Crippen LogP contribution is 2.33. The van der Waals surface area contributed by atoms with Crippen LogP contribution in [0.3, 0.4) is 0 Å². The average molecular weight is 985 g/mol. The monoisotopic (exact) mass is 983 g/mol. The Bertz CT molecular complexity index is 2810. The number of nitrogens with zero attached hydrogens (tertiary/aromatic N) is 5. The van der Waals surface area contributed by atoms with Gasteiger partial charge in [0.2, 0.25) is 17.7 Å². The van der Waals surface area contributed by atoms with Crippen molar-refractivity contribution in [3.63, 3.8) is 0 Å². The fraction of sp³-hybridized carbons (Fsp3) is 0.340. The van der Waals surface area contributed by atoms with E-state index in [0.717, 1.165) is 28.3 Å². The number of aryl methyl sites for hydroxylation is 4. The summed E-state index contributed by atoms with van der Waals surface area (Å²) in [6, 6.07) is 13.7.